The van der Waals surface area contributed by atoms with E-state index in [1.165, 1.54) is 6.08 Å². The normalized spacial score (nSPS) is 14.0. The van der Waals surface area contributed by atoms with Crippen molar-refractivity contribution >= 4 is 35.4 Å². The number of benzene rings is 2. The zero-order valence-corrected chi connectivity index (χ0v) is 20.8. The first-order valence-corrected chi connectivity index (χ1v) is 12.3. The zero-order valence-electron chi connectivity index (χ0n) is 20.0. The number of anilines is 1. The summed E-state index contributed by atoms with van der Waals surface area (Å²) in [7, 11) is 0. The van der Waals surface area contributed by atoms with E-state index in [0.717, 1.165) is 18.6 Å². The van der Waals surface area contributed by atoms with Gasteiger partial charge in [0.05, 0.1) is 11.6 Å². The lowest BCUT2D eigenvalue weighted by Crippen LogP contribution is -2.42. The predicted octanol–water partition coefficient (Wildman–Crippen LogP) is 5.82. The van der Waals surface area contributed by atoms with Crippen LogP contribution >= 0.6 is 11.6 Å². The van der Waals surface area contributed by atoms with Gasteiger partial charge in [0, 0.05) is 37.0 Å². The third-order valence-corrected chi connectivity index (χ3v) is 6.05. The molecule has 8 heteroatoms. The summed E-state index contributed by atoms with van der Waals surface area (Å²) in [6, 6.07) is 18.7. The Kier molecular flexibility index (Phi) is 8.57. The fraction of sp³-hybridized carbons (Fsp3) is 0.250. The number of aromatic nitrogens is 1. The molecule has 0 spiro atoms. The molecule has 0 unspecified atom stereocenters. The number of hydrogen-bond acceptors (Lipinski definition) is 6. The van der Waals surface area contributed by atoms with Crippen LogP contribution < -0.4 is 10.1 Å². The molecule has 3 aromatic rings. The lowest BCUT2D eigenvalue weighted by molar-refractivity contribution is -0.137. The van der Waals surface area contributed by atoms with E-state index in [2.05, 4.69) is 10.3 Å². The molecule has 4 rings (SSSR count). The van der Waals surface area contributed by atoms with Crippen LogP contribution in [-0.2, 0) is 9.53 Å². The summed E-state index contributed by atoms with van der Waals surface area (Å²) in [5.74, 6) is 1.63. The second-order valence-corrected chi connectivity index (χ2v) is 8.74. The summed E-state index contributed by atoms with van der Waals surface area (Å²) in [4.78, 5) is 30.7. The van der Waals surface area contributed by atoms with Crippen LogP contribution in [0.15, 0.2) is 72.9 Å². The first-order chi connectivity index (χ1) is 17.5. The number of amides is 1. The van der Waals surface area contributed by atoms with Gasteiger partial charge in [-0.25, -0.2) is 9.78 Å². The maximum absolute atomic E-state index is 13.0. The molecule has 186 valence electrons. The number of rotatable bonds is 8. The molecular formula is C28H28ClN3O4. The van der Waals surface area contributed by atoms with E-state index in [1.807, 2.05) is 47.4 Å². The Labute approximate surface area is 215 Å². The summed E-state index contributed by atoms with van der Waals surface area (Å²) in [5.41, 5.74) is 1.34. The smallest absolute Gasteiger partial charge is 0.330 e. The van der Waals surface area contributed by atoms with Gasteiger partial charge in [0.15, 0.2) is 0 Å². The number of ether oxygens (including phenoxy) is 2. The molecule has 1 aliphatic heterocycles. The van der Waals surface area contributed by atoms with Gasteiger partial charge in [-0.1, -0.05) is 29.8 Å². The Morgan fingerprint density at radius 1 is 1.08 bits per heavy atom. The highest BCUT2D eigenvalue weighted by atomic mass is 35.5. The molecule has 36 heavy (non-hydrogen) atoms. The molecule has 0 radical (unpaired) electrons. The predicted molar refractivity (Wildman–Crippen MR) is 140 cm³/mol. The number of hydrogen-bond donors (Lipinski definition) is 1. The molecule has 1 aliphatic rings. The maximum Gasteiger partial charge on any atom is 0.330 e. The molecule has 1 fully saturated rings. The monoisotopic (exact) mass is 505 g/mol. The van der Waals surface area contributed by atoms with Crippen molar-refractivity contribution in [3.63, 3.8) is 0 Å². The molecule has 2 aromatic carbocycles. The number of nitrogens with zero attached hydrogens (tertiary/aromatic N) is 2. The quantitative estimate of drug-likeness (QED) is 0.307. The third kappa shape index (κ3) is 6.86. The highest BCUT2D eigenvalue weighted by Gasteiger charge is 2.24. The second kappa shape index (κ2) is 12.2. The molecule has 0 saturated carbocycles. The first kappa shape index (κ1) is 25.3. The van der Waals surface area contributed by atoms with Crippen LogP contribution in [0.25, 0.3) is 6.08 Å². The summed E-state index contributed by atoms with van der Waals surface area (Å²) in [5, 5.41) is 3.85. The van der Waals surface area contributed by atoms with Crippen LogP contribution in [0.1, 0.15) is 35.7 Å². The molecule has 7 nitrogen and oxygen atoms in total. The van der Waals surface area contributed by atoms with E-state index in [1.54, 1.807) is 37.4 Å². The fourth-order valence-corrected chi connectivity index (χ4v) is 4.13. The van der Waals surface area contributed by atoms with Gasteiger partial charge in [0.1, 0.15) is 17.3 Å². The van der Waals surface area contributed by atoms with Crippen LogP contribution in [0, 0.1) is 0 Å². The summed E-state index contributed by atoms with van der Waals surface area (Å²) < 4.78 is 10.7. The number of carbonyl (C=O) groups is 2. The number of likely N-dealkylation sites (tertiary alicyclic amines) is 1. The molecule has 0 atom stereocenters. The van der Waals surface area contributed by atoms with Gasteiger partial charge in [-0.05, 0) is 73.9 Å². The lowest BCUT2D eigenvalue weighted by atomic mass is 10.0. The minimum Gasteiger partial charge on any atom is -0.463 e. The Balaban J connectivity index is 1.28. The fourth-order valence-electron chi connectivity index (χ4n) is 3.90. The third-order valence-electron chi connectivity index (χ3n) is 5.76. The molecule has 1 amide bonds. The van der Waals surface area contributed by atoms with Crippen LogP contribution in [0.2, 0.25) is 5.02 Å². The summed E-state index contributed by atoms with van der Waals surface area (Å²) >= 11 is 6.40. The van der Waals surface area contributed by atoms with Gasteiger partial charge in [-0.3, -0.25) is 4.79 Å². The van der Waals surface area contributed by atoms with Crippen molar-refractivity contribution in [3.05, 3.63) is 89.1 Å². The van der Waals surface area contributed by atoms with Crippen molar-refractivity contribution in [1.82, 2.24) is 9.88 Å². The van der Waals surface area contributed by atoms with Crippen molar-refractivity contribution in [2.45, 2.75) is 25.8 Å². The minimum atomic E-state index is -0.409. The maximum atomic E-state index is 13.0. The molecule has 1 saturated heterocycles. The molecule has 1 aromatic heterocycles. The summed E-state index contributed by atoms with van der Waals surface area (Å²) in [6.07, 6.45) is 6.17. The van der Waals surface area contributed by atoms with Crippen molar-refractivity contribution in [1.29, 1.82) is 0 Å². The van der Waals surface area contributed by atoms with Crippen molar-refractivity contribution in [2.24, 2.45) is 0 Å². The van der Waals surface area contributed by atoms with E-state index in [0.29, 0.717) is 47.4 Å². The van der Waals surface area contributed by atoms with Crippen LogP contribution in [-0.4, -0.2) is 47.5 Å². The number of nitrogens with one attached hydrogen (secondary N) is 1. The highest BCUT2D eigenvalue weighted by Crippen LogP contribution is 2.25. The second-order valence-electron chi connectivity index (χ2n) is 8.33. The number of pyridine rings is 1. The average Bonchev–Trinajstić information content (AvgIpc) is 2.90. The zero-order chi connectivity index (χ0) is 25.3. The van der Waals surface area contributed by atoms with Gasteiger partial charge >= 0.3 is 5.97 Å². The van der Waals surface area contributed by atoms with Gasteiger partial charge in [-0.15, -0.1) is 0 Å². The Hall–Kier alpha value is -3.84. The topological polar surface area (TPSA) is 80.8 Å². The van der Waals surface area contributed by atoms with E-state index < -0.39 is 5.97 Å². The van der Waals surface area contributed by atoms with Gasteiger partial charge in [0.2, 0.25) is 0 Å². The molecule has 0 aliphatic carbocycles. The van der Waals surface area contributed by atoms with Crippen LogP contribution in [0.4, 0.5) is 5.82 Å². The number of piperidine rings is 1. The minimum absolute atomic E-state index is 0.00797. The Bertz CT molecular complexity index is 1210. The molecule has 2 heterocycles. The van der Waals surface area contributed by atoms with Crippen molar-refractivity contribution < 1.29 is 19.1 Å². The van der Waals surface area contributed by atoms with Gasteiger partial charge < -0.3 is 19.7 Å². The Morgan fingerprint density at radius 2 is 1.78 bits per heavy atom. The van der Waals surface area contributed by atoms with E-state index in [-0.39, 0.29) is 11.9 Å². The van der Waals surface area contributed by atoms with E-state index in [9.17, 15) is 9.59 Å². The SMILES string of the molecule is CCOC(=O)C=Cc1cnc(NC2CCN(C(=O)c3ccc(Oc4ccccc4)cc3)CC2)c(Cl)c1. The van der Waals surface area contributed by atoms with Crippen molar-refractivity contribution in [2.75, 3.05) is 25.0 Å². The lowest BCUT2D eigenvalue weighted by Gasteiger charge is -2.33. The van der Waals surface area contributed by atoms with Crippen molar-refractivity contribution in [3.8, 4) is 11.5 Å². The molecule has 0 bridgehead atoms. The number of carbonyl (C=O) groups excluding carboxylic acids is 2. The molecular weight excluding hydrogens is 478 g/mol. The largest absolute Gasteiger partial charge is 0.463 e. The average molecular weight is 506 g/mol. The summed E-state index contributed by atoms with van der Waals surface area (Å²) in [6.45, 7) is 3.35. The number of esters is 1. The van der Waals surface area contributed by atoms with Gasteiger partial charge in [-0.2, -0.15) is 0 Å². The van der Waals surface area contributed by atoms with Crippen LogP contribution in [0.5, 0.6) is 11.5 Å². The first-order valence-electron chi connectivity index (χ1n) is 11.9. The number of halogens is 1. The molecule has 1 N–H and O–H groups in total. The van der Waals surface area contributed by atoms with Gasteiger partial charge in [0.25, 0.3) is 5.91 Å². The standard InChI is InChI=1S/C28H28ClN3O4/c1-2-35-26(33)13-8-20-18-25(29)27(30-19-20)31-22-14-16-32(17-15-22)28(34)21-9-11-24(12-10-21)36-23-6-4-3-5-7-23/h3-13,18-19,22H,2,14-17H2,1H3,(H,30,31). The van der Waals surface area contributed by atoms with Crippen LogP contribution in [0.3, 0.4) is 0 Å². The Morgan fingerprint density at radius 3 is 2.44 bits per heavy atom. The van der Waals surface area contributed by atoms with E-state index >= 15 is 0 Å². The highest BCUT2D eigenvalue weighted by molar-refractivity contribution is 6.33. The van der Waals surface area contributed by atoms with E-state index in [4.69, 9.17) is 21.1 Å². The number of para-hydroxylation sites is 1.